The van der Waals surface area contributed by atoms with Crippen molar-refractivity contribution < 1.29 is 5.11 Å². The average molecular weight is 210 g/mol. The highest BCUT2D eigenvalue weighted by Crippen LogP contribution is 2.16. The summed E-state index contributed by atoms with van der Waals surface area (Å²) in [5.74, 6) is 0.352. The van der Waals surface area contributed by atoms with Crippen molar-refractivity contribution in [3.8, 4) is 0 Å². The number of aliphatic hydroxyl groups is 1. The van der Waals surface area contributed by atoms with Gasteiger partial charge in [0, 0.05) is 6.20 Å². The lowest BCUT2D eigenvalue weighted by molar-refractivity contribution is 0.192. The number of nitrogens with zero attached hydrogens (tertiary/aromatic N) is 2. The number of hydrogen-bond acceptors (Lipinski definition) is 3. The van der Waals surface area contributed by atoms with Crippen molar-refractivity contribution in [1.29, 1.82) is 0 Å². The fraction of sp³-hybridized carbons (Fsp3) is 0.667. The van der Waals surface area contributed by atoms with Gasteiger partial charge in [0.2, 0.25) is 0 Å². The SMILES string of the molecule is CC.Cc1ncc(C(C)C)nc1C(C)O. The summed E-state index contributed by atoms with van der Waals surface area (Å²) in [6.07, 6.45) is 1.23. The molecule has 15 heavy (non-hydrogen) atoms. The van der Waals surface area contributed by atoms with E-state index in [1.165, 1.54) is 0 Å². The molecule has 3 nitrogen and oxygen atoms in total. The normalized spacial score (nSPS) is 12.0. The van der Waals surface area contributed by atoms with Crippen LogP contribution in [0.1, 0.15) is 63.7 Å². The molecule has 0 saturated carbocycles. The summed E-state index contributed by atoms with van der Waals surface area (Å²) in [4.78, 5) is 8.56. The Hall–Kier alpha value is -0.960. The summed E-state index contributed by atoms with van der Waals surface area (Å²) in [7, 11) is 0. The van der Waals surface area contributed by atoms with Crippen LogP contribution in [0.2, 0.25) is 0 Å². The largest absolute Gasteiger partial charge is 0.387 e. The fourth-order valence-corrected chi connectivity index (χ4v) is 1.15. The molecule has 0 fully saturated rings. The molecule has 0 aliphatic carbocycles. The summed E-state index contributed by atoms with van der Waals surface area (Å²) in [6, 6.07) is 0. The average Bonchev–Trinajstić information content (AvgIpc) is 2.20. The van der Waals surface area contributed by atoms with E-state index in [1.54, 1.807) is 13.1 Å². The predicted octanol–water partition coefficient (Wildman–Crippen LogP) is 2.99. The molecular weight excluding hydrogens is 188 g/mol. The Morgan fingerprint density at radius 2 is 1.73 bits per heavy atom. The van der Waals surface area contributed by atoms with Crippen molar-refractivity contribution in [3.63, 3.8) is 0 Å². The molecule has 0 aliphatic heterocycles. The fourth-order valence-electron chi connectivity index (χ4n) is 1.15. The molecule has 1 atom stereocenters. The number of aryl methyl sites for hydroxylation is 1. The number of aromatic nitrogens is 2. The van der Waals surface area contributed by atoms with Gasteiger partial charge in [-0.3, -0.25) is 9.97 Å². The predicted molar refractivity (Wildman–Crippen MR) is 62.8 cm³/mol. The molecule has 0 saturated heterocycles. The van der Waals surface area contributed by atoms with Gasteiger partial charge in [0.15, 0.2) is 0 Å². The van der Waals surface area contributed by atoms with E-state index >= 15 is 0 Å². The van der Waals surface area contributed by atoms with E-state index in [2.05, 4.69) is 23.8 Å². The van der Waals surface area contributed by atoms with E-state index in [4.69, 9.17) is 0 Å². The first-order chi connectivity index (χ1) is 7.02. The van der Waals surface area contributed by atoms with E-state index in [0.717, 1.165) is 11.4 Å². The molecule has 3 heteroatoms. The molecule has 1 N–H and O–H groups in total. The summed E-state index contributed by atoms with van der Waals surface area (Å²) < 4.78 is 0. The van der Waals surface area contributed by atoms with Crippen LogP contribution < -0.4 is 0 Å². The van der Waals surface area contributed by atoms with Gasteiger partial charge in [0.05, 0.1) is 23.2 Å². The number of rotatable bonds is 2. The Morgan fingerprint density at radius 1 is 1.20 bits per heavy atom. The van der Waals surface area contributed by atoms with Crippen molar-refractivity contribution >= 4 is 0 Å². The van der Waals surface area contributed by atoms with Crippen molar-refractivity contribution in [2.24, 2.45) is 0 Å². The molecule has 0 radical (unpaired) electrons. The minimum absolute atomic E-state index is 0.352. The van der Waals surface area contributed by atoms with E-state index in [-0.39, 0.29) is 0 Å². The first kappa shape index (κ1) is 14.0. The van der Waals surface area contributed by atoms with Crippen LogP contribution in [0.5, 0.6) is 0 Å². The van der Waals surface area contributed by atoms with Crippen LogP contribution in [0.15, 0.2) is 6.20 Å². The zero-order chi connectivity index (χ0) is 12.0. The second-order valence-electron chi connectivity index (χ2n) is 3.60. The first-order valence-corrected chi connectivity index (χ1v) is 5.54. The summed E-state index contributed by atoms with van der Waals surface area (Å²) in [5, 5.41) is 9.41. The second kappa shape index (κ2) is 6.51. The van der Waals surface area contributed by atoms with Gasteiger partial charge < -0.3 is 5.11 Å². The molecule has 1 aromatic rings. The smallest absolute Gasteiger partial charge is 0.0950 e. The van der Waals surface area contributed by atoms with Gasteiger partial charge >= 0.3 is 0 Å². The quantitative estimate of drug-likeness (QED) is 0.816. The van der Waals surface area contributed by atoms with Gasteiger partial charge in [-0.15, -0.1) is 0 Å². The molecule has 1 rings (SSSR count). The monoisotopic (exact) mass is 210 g/mol. The van der Waals surface area contributed by atoms with Crippen LogP contribution in [-0.2, 0) is 0 Å². The zero-order valence-corrected chi connectivity index (χ0v) is 10.6. The van der Waals surface area contributed by atoms with Crippen LogP contribution >= 0.6 is 0 Å². The van der Waals surface area contributed by atoms with Gasteiger partial charge in [-0.2, -0.15) is 0 Å². The van der Waals surface area contributed by atoms with E-state index in [9.17, 15) is 5.11 Å². The Morgan fingerprint density at radius 3 is 2.13 bits per heavy atom. The van der Waals surface area contributed by atoms with Crippen LogP contribution in [0.3, 0.4) is 0 Å². The molecule has 0 amide bonds. The maximum absolute atomic E-state index is 9.41. The molecule has 0 aliphatic rings. The molecule has 0 aromatic carbocycles. The van der Waals surface area contributed by atoms with Crippen LogP contribution in [0.4, 0.5) is 0 Å². The highest BCUT2D eigenvalue weighted by Gasteiger charge is 2.10. The molecule has 0 spiro atoms. The Kier molecular flexibility index (Phi) is 6.09. The summed E-state index contributed by atoms with van der Waals surface area (Å²) in [6.45, 7) is 11.7. The maximum Gasteiger partial charge on any atom is 0.0950 e. The Bertz CT molecular complexity index is 296. The van der Waals surface area contributed by atoms with Gasteiger partial charge in [0.25, 0.3) is 0 Å². The third kappa shape index (κ3) is 3.96. The lowest BCUT2D eigenvalue weighted by atomic mass is 10.1. The van der Waals surface area contributed by atoms with Crippen LogP contribution in [-0.4, -0.2) is 15.1 Å². The van der Waals surface area contributed by atoms with Gasteiger partial charge in [0.1, 0.15) is 0 Å². The molecule has 0 bridgehead atoms. The number of hydrogen-bond donors (Lipinski definition) is 1. The van der Waals surface area contributed by atoms with Crippen molar-refractivity contribution in [2.45, 2.75) is 53.6 Å². The van der Waals surface area contributed by atoms with Crippen molar-refractivity contribution in [2.75, 3.05) is 0 Å². The first-order valence-electron chi connectivity index (χ1n) is 5.54. The highest BCUT2D eigenvalue weighted by atomic mass is 16.3. The summed E-state index contributed by atoms with van der Waals surface area (Å²) in [5.41, 5.74) is 2.42. The molecule has 1 heterocycles. The lowest BCUT2D eigenvalue weighted by Crippen LogP contribution is -2.05. The molecule has 86 valence electrons. The van der Waals surface area contributed by atoms with Gasteiger partial charge in [-0.1, -0.05) is 27.7 Å². The Balaban J connectivity index is 0.000000921. The van der Waals surface area contributed by atoms with Crippen molar-refractivity contribution in [3.05, 3.63) is 23.3 Å². The minimum atomic E-state index is -0.536. The van der Waals surface area contributed by atoms with E-state index in [1.807, 2.05) is 20.8 Å². The third-order valence-corrected chi connectivity index (χ3v) is 2.00. The standard InChI is InChI=1S/C10H16N2O.C2H6/c1-6(2)9-5-11-7(3)10(12-9)8(4)13;1-2/h5-6,8,13H,1-4H3;1-2H3. The lowest BCUT2D eigenvalue weighted by Gasteiger charge is -2.10. The maximum atomic E-state index is 9.41. The zero-order valence-electron chi connectivity index (χ0n) is 10.6. The van der Waals surface area contributed by atoms with Crippen LogP contribution in [0.25, 0.3) is 0 Å². The second-order valence-corrected chi connectivity index (χ2v) is 3.60. The van der Waals surface area contributed by atoms with Crippen molar-refractivity contribution in [1.82, 2.24) is 9.97 Å². The Labute approximate surface area is 92.6 Å². The summed E-state index contributed by atoms with van der Waals surface area (Å²) >= 11 is 0. The van der Waals surface area contributed by atoms with Gasteiger partial charge in [-0.05, 0) is 19.8 Å². The molecule has 1 unspecified atom stereocenters. The third-order valence-electron chi connectivity index (χ3n) is 2.00. The molecule has 1 aromatic heterocycles. The minimum Gasteiger partial charge on any atom is -0.387 e. The van der Waals surface area contributed by atoms with Gasteiger partial charge in [-0.25, -0.2) is 0 Å². The topological polar surface area (TPSA) is 46.0 Å². The number of aliphatic hydroxyl groups excluding tert-OH is 1. The molecular formula is C12H22N2O. The van der Waals surface area contributed by atoms with E-state index in [0.29, 0.717) is 11.6 Å². The highest BCUT2D eigenvalue weighted by molar-refractivity contribution is 5.16. The van der Waals surface area contributed by atoms with E-state index < -0.39 is 6.10 Å². The van der Waals surface area contributed by atoms with Crippen LogP contribution in [0, 0.1) is 6.92 Å².